The lowest BCUT2D eigenvalue weighted by Gasteiger charge is -2.22. The predicted molar refractivity (Wildman–Crippen MR) is 77.8 cm³/mol. The van der Waals surface area contributed by atoms with Crippen LogP contribution in [0.1, 0.15) is 37.7 Å². The predicted octanol–water partition coefficient (Wildman–Crippen LogP) is 3.03. The second kappa shape index (κ2) is 7.02. The Morgan fingerprint density at radius 2 is 2.10 bits per heavy atom. The third-order valence-corrected chi connectivity index (χ3v) is 4.17. The summed E-state index contributed by atoms with van der Waals surface area (Å²) in [6, 6.07) is 4.65. The SMILES string of the molecule is O=[N+]([O-])c1cccc(Cl)c1CNC1CCCCCC1O. The Bertz CT molecular complexity index is 481. The van der Waals surface area contributed by atoms with E-state index in [1.807, 2.05) is 0 Å². The molecule has 1 aromatic carbocycles. The summed E-state index contributed by atoms with van der Waals surface area (Å²) in [5.41, 5.74) is 0.503. The summed E-state index contributed by atoms with van der Waals surface area (Å²) in [6.45, 7) is 0.303. The van der Waals surface area contributed by atoms with Gasteiger partial charge in [-0.1, -0.05) is 36.9 Å². The molecule has 2 atom stereocenters. The molecule has 1 aromatic rings. The molecule has 0 spiro atoms. The van der Waals surface area contributed by atoms with Crippen molar-refractivity contribution in [3.63, 3.8) is 0 Å². The van der Waals surface area contributed by atoms with Gasteiger partial charge in [0.05, 0.1) is 21.6 Å². The van der Waals surface area contributed by atoms with Crippen LogP contribution in [0.5, 0.6) is 0 Å². The number of hydrogen-bond donors (Lipinski definition) is 2. The van der Waals surface area contributed by atoms with Crippen molar-refractivity contribution in [1.82, 2.24) is 5.32 Å². The number of nitro groups is 1. The molecule has 1 fully saturated rings. The van der Waals surface area contributed by atoms with Gasteiger partial charge in [0.25, 0.3) is 5.69 Å². The maximum atomic E-state index is 11.0. The third kappa shape index (κ3) is 3.69. The highest BCUT2D eigenvalue weighted by Gasteiger charge is 2.23. The van der Waals surface area contributed by atoms with E-state index in [-0.39, 0.29) is 17.8 Å². The molecule has 2 unspecified atom stereocenters. The van der Waals surface area contributed by atoms with E-state index in [1.165, 1.54) is 6.07 Å². The van der Waals surface area contributed by atoms with Gasteiger partial charge in [0.15, 0.2) is 0 Å². The Morgan fingerprint density at radius 1 is 1.35 bits per heavy atom. The molecule has 0 amide bonds. The zero-order chi connectivity index (χ0) is 14.5. The molecule has 110 valence electrons. The average molecular weight is 299 g/mol. The Morgan fingerprint density at radius 3 is 2.85 bits per heavy atom. The van der Waals surface area contributed by atoms with Crippen LogP contribution in [-0.2, 0) is 6.54 Å². The quantitative estimate of drug-likeness (QED) is 0.509. The molecule has 6 heteroatoms. The molecule has 0 saturated heterocycles. The monoisotopic (exact) mass is 298 g/mol. The molecular weight excluding hydrogens is 280 g/mol. The zero-order valence-corrected chi connectivity index (χ0v) is 12.0. The van der Waals surface area contributed by atoms with E-state index in [2.05, 4.69) is 5.32 Å². The van der Waals surface area contributed by atoms with Gasteiger partial charge in [-0.3, -0.25) is 10.1 Å². The lowest BCUT2D eigenvalue weighted by Crippen LogP contribution is -2.38. The van der Waals surface area contributed by atoms with E-state index in [4.69, 9.17) is 11.6 Å². The number of nitro benzene ring substituents is 1. The van der Waals surface area contributed by atoms with Crippen molar-refractivity contribution >= 4 is 17.3 Å². The first-order chi connectivity index (χ1) is 9.59. The molecule has 2 rings (SSSR count). The number of benzene rings is 1. The van der Waals surface area contributed by atoms with Gasteiger partial charge >= 0.3 is 0 Å². The Hall–Kier alpha value is -1.17. The summed E-state index contributed by atoms with van der Waals surface area (Å²) in [5, 5.41) is 24.7. The number of hydrogen-bond acceptors (Lipinski definition) is 4. The first-order valence-electron chi connectivity index (χ1n) is 6.93. The average Bonchev–Trinajstić information content (AvgIpc) is 2.62. The van der Waals surface area contributed by atoms with Gasteiger partial charge in [-0.05, 0) is 18.9 Å². The number of halogens is 1. The minimum atomic E-state index is -0.424. The molecule has 1 aliphatic rings. The molecule has 5 nitrogen and oxygen atoms in total. The Labute approximate surface area is 123 Å². The van der Waals surface area contributed by atoms with Crippen LogP contribution in [0.4, 0.5) is 5.69 Å². The Kier molecular flexibility index (Phi) is 5.34. The summed E-state index contributed by atoms with van der Waals surface area (Å²) >= 11 is 6.05. The highest BCUT2D eigenvalue weighted by atomic mass is 35.5. The molecule has 0 heterocycles. The molecular formula is C14H19ClN2O3. The summed E-state index contributed by atoms with van der Waals surface area (Å²) < 4.78 is 0. The lowest BCUT2D eigenvalue weighted by molar-refractivity contribution is -0.385. The van der Waals surface area contributed by atoms with Gasteiger partial charge in [-0.25, -0.2) is 0 Å². The van der Waals surface area contributed by atoms with Crippen molar-refractivity contribution in [2.45, 2.75) is 50.8 Å². The highest BCUT2D eigenvalue weighted by molar-refractivity contribution is 6.31. The summed E-state index contributed by atoms with van der Waals surface area (Å²) in [7, 11) is 0. The molecule has 1 aliphatic carbocycles. The van der Waals surface area contributed by atoms with Crippen LogP contribution in [0.25, 0.3) is 0 Å². The second-order valence-electron chi connectivity index (χ2n) is 5.19. The Balaban J connectivity index is 2.08. The van der Waals surface area contributed by atoms with Crippen molar-refractivity contribution in [3.05, 3.63) is 38.9 Å². The van der Waals surface area contributed by atoms with Gasteiger partial charge in [-0.15, -0.1) is 0 Å². The minimum absolute atomic E-state index is 0.0200. The van der Waals surface area contributed by atoms with Crippen LogP contribution in [0, 0.1) is 10.1 Å². The smallest absolute Gasteiger partial charge is 0.275 e. The maximum Gasteiger partial charge on any atom is 0.275 e. The second-order valence-corrected chi connectivity index (χ2v) is 5.59. The van der Waals surface area contributed by atoms with Crippen LogP contribution in [-0.4, -0.2) is 22.2 Å². The molecule has 0 aliphatic heterocycles. The van der Waals surface area contributed by atoms with Gasteiger partial charge in [0.2, 0.25) is 0 Å². The maximum absolute atomic E-state index is 11.0. The minimum Gasteiger partial charge on any atom is -0.392 e. The van der Waals surface area contributed by atoms with Gasteiger partial charge < -0.3 is 10.4 Å². The van der Waals surface area contributed by atoms with Crippen LogP contribution < -0.4 is 5.32 Å². The summed E-state index contributed by atoms with van der Waals surface area (Å²) in [6.07, 6.45) is 4.51. The van der Waals surface area contributed by atoms with E-state index in [0.29, 0.717) is 17.1 Å². The van der Waals surface area contributed by atoms with E-state index < -0.39 is 4.92 Å². The molecule has 20 heavy (non-hydrogen) atoms. The third-order valence-electron chi connectivity index (χ3n) is 3.81. The standard InChI is InChI=1S/C14H19ClN2O3/c15-11-5-4-7-13(17(19)20)10(11)9-16-12-6-2-1-3-8-14(12)18/h4-5,7,12,14,16,18H,1-3,6,8-9H2. The largest absolute Gasteiger partial charge is 0.392 e. The van der Waals surface area contributed by atoms with Gasteiger partial charge in [-0.2, -0.15) is 0 Å². The van der Waals surface area contributed by atoms with E-state index >= 15 is 0 Å². The molecule has 0 bridgehead atoms. The van der Waals surface area contributed by atoms with Crippen molar-refractivity contribution in [2.75, 3.05) is 0 Å². The molecule has 1 saturated carbocycles. The molecule has 2 N–H and O–H groups in total. The fourth-order valence-electron chi connectivity index (χ4n) is 2.65. The number of aliphatic hydroxyl groups is 1. The number of aliphatic hydroxyl groups excluding tert-OH is 1. The summed E-state index contributed by atoms with van der Waals surface area (Å²) in [4.78, 5) is 10.6. The van der Waals surface area contributed by atoms with Crippen molar-refractivity contribution < 1.29 is 10.0 Å². The van der Waals surface area contributed by atoms with Crippen LogP contribution in [0.15, 0.2) is 18.2 Å². The number of nitrogens with zero attached hydrogens (tertiary/aromatic N) is 1. The first-order valence-corrected chi connectivity index (χ1v) is 7.30. The van der Waals surface area contributed by atoms with Crippen molar-refractivity contribution in [2.24, 2.45) is 0 Å². The van der Waals surface area contributed by atoms with Crippen LogP contribution in [0.2, 0.25) is 5.02 Å². The van der Waals surface area contributed by atoms with Crippen LogP contribution >= 0.6 is 11.6 Å². The molecule has 0 aromatic heterocycles. The van der Waals surface area contributed by atoms with Crippen molar-refractivity contribution in [1.29, 1.82) is 0 Å². The van der Waals surface area contributed by atoms with E-state index in [9.17, 15) is 15.2 Å². The van der Waals surface area contributed by atoms with Crippen molar-refractivity contribution in [3.8, 4) is 0 Å². The topological polar surface area (TPSA) is 75.4 Å². The number of rotatable bonds is 4. The summed E-state index contributed by atoms with van der Waals surface area (Å²) in [5.74, 6) is 0. The van der Waals surface area contributed by atoms with Crippen LogP contribution in [0.3, 0.4) is 0 Å². The highest BCUT2D eigenvalue weighted by Crippen LogP contribution is 2.27. The van der Waals surface area contributed by atoms with E-state index in [0.717, 1.165) is 32.1 Å². The zero-order valence-electron chi connectivity index (χ0n) is 11.2. The van der Waals surface area contributed by atoms with E-state index in [1.54, 1.807) is 12.1 Å². The first kappa shape index (κ1) is 15.2. The van der Waals surface area contributed by atoms with Gasteiger partial charge in [0.1, 0.15) is 0 Å². The normalized spacial score (nSPS) is 23.3. The molecule has 0 radical (unpaired) electrons. The fourth-order valence-corrected chi connectivity index (χ4v) is 2.89. The number of nitrogens with one attached hydrogen (secondary N) is 1. The lowest BCUT2D eigenvalue weighted by atomic mass is 10.1. The fraction of sp³-hybridized carbons (Fsp3) is 0.571. The van der Waals surface area contributed by atoms with Gasteiger partial charge in [0, 0.05) is 18.7 Å².